The Bertz CT molecular complexity index is 219. The van der Waals surface area contributed by atoms with E-state index in [0.29, 0.717) is 25.7 Å². The zero-order chi connectivity index (χ0) is 11.5. The minimum absolute atomic E-state index is 0.0978. The maximum Gasteiger partial charge on any atom is 0.107 e. The van der Waals surface area contributed by atoms with Gasteiger partial charge in [0.1, 0.15) is 6.10 Å². The van der Waals surface area contributed by atoms with Gasteiger partial charge in [-0.15, -0.1) is 0 Å². The first-order chi connectivity index (χ1) is 7.66. The molecule has 1 aliphatic carbocycles. The van der Waals surface area contributed by atoms with Crippen molar-refractivity contribution in [2.24, 2.45) is 11.8 Å². The van der Waals surface area contributed by atoms with Crippen molar-refractivity contribution in [1.29, 1.82) is 0 Å². The number of ether oxygens (including phenoxy) is 2. The van der Waals surface area contributed by atoms with Crippen molar-refractivity contribution in [3.8, 4) is 0 Å². The van der Waals surface area contributed by atoms with E-state index in [2.05, 4.69) is 13.8 Å². The Morgan fingerprint density at radius 2 is 1.94 bits per heavy atom. The minimum atomic E-state index is -0.330. The van der Waals surface area contributed by atoms with Crippen LogP contribution in [0.3, 0.4) is 0 Å². The molecule has 16 heavy (non-hydrogen) atoms. The van der Waals surface area contributed by atoms with Crippen molar-refractivity contribution in [2.45, 2.75) is 57.8 Å². The summed E-state index contributed by atoms with van der Waals surface area (Å²) in [7, 11) is 0. The van der Waals surface area contributed by atoms with Gasteiger partial charge >= 0.3 is 0 Å². The normalized spacial score (nSPS) is 45.6. The Morgan fingerprint density at radius 3 is 2.62 bits per heavy atom. The first-order valence-electron chi connectivity index (χ1n) is 6.58. The maximum absolute atomic E-state index is 9.81. The van der Waals surface area contributed by atoms with Crippen LogP contribution in [0, 0.1) is 11.8 Å². The molecular formula is C13H24O3. The quantitative estimate of drug-likeness (QED) is 0.785. The third-order valence-electron chi connectivity index (χ3n) is 4.19. The summed E-state index contributed by atoms with van der Waals surface area (Å²) in [4.78, 5) is 0. The van der Waals surface area contributed by atoms with Crippen molar-refractivity contribution >= 4 is 0 Å². The van der Waals surface area contributed by atoms with Gasteiger partial charge in [-0.05, 0) is 37.5 Å². The second kappa shape index (κ2) is 5.48. The van der Waals surface area contributed by atoms with Crippen LogP contribution in [0.15, 0.2) is 0 Å². The van der Waals surface area contributed by atoms with Crippen molar-refractivity contribution in [2.75, 3.05) is 13.2 Å². The largest absolute Gasteiger partial charge is 0.390 e. The summed E-state index contributed by atoms with van der Waals surface area (Å²) in [6, 6.07) is 0. The van der Waals surface area contributed by atoms with E-state index in [9.17, 15) is 5.11 Å². The van der Waals surface area contributed by atoms with Crippen molar-refractivity contribution < 1.29 is 14.6 Å². The van der Waals surface area contributed by atoms with Crippen LogP contribution in [-0.4, -0.2) is 36.6 Å². The fraction of sp³-hybridized carbons (Fsp3) is 1.00. The van der Waals surface area contributed by atoms with E-state index in [0.717, 1.165) is 24.7 Å². The molecule has 2 aliphatic rings. The third-order valence-corrected chi connectivity index (χ3v) is 4.19. The third kappa shape index (κ3) is 2.96. The molecule has 0 amide bonds. The lowest BCUT2D eigenvalue weighted by atomic mass is 9.80. The summed E-state index contributed by atoms with van der Waals surface area (Å²) in [5.74, 6) is 1.55. The van der Waals surface area contributed by atoms with Crippen LogP contribution >= 0.6 is 0 Å². The summed E-state index contributed by atoms with van der Waals surface area (Å²) in [5.41, 5.74) is 0. The summed E-state index contributed by atoms with van der Waals surface area (Å²) in [5, 5.41) is 9.81. The number of hydrogen-bond acceptors (Lipinski definition) is 3. The average Bonchev–Trinajstić information content (AvgIpc) is 2.27. The van der Waals surface area contributed by atoms with Gasteiger partial charge in [0.2, 0.25) is 0 Å². The maximum atomic E-state index is 9.81. The molecule has 1 N–H and O–H groups in total. The highest BCUT2D eigenvalue weighted by Gasteiger charge is 2.31. The zero-order valence-electron chi connectivity index (χ0n) is 10.4. The van der Waals surface area contributed by atoms with Crippen LogP contribution in [0.2, 0.25) is 0 Å². The van der Waals surface area contributed by atoms with Gasteiger partial charge in [-0.25, -0.2) is 0 Å². The van der Waals surface area contributed by atoms with Crippen LogP contribution in [-0.2, 0) is 9.47 Å². The molecule has 1 saturated heterocycles. The predicted molar refractivity (Wildman–Crippen MR) is 62.3 cm³/mol. The van der Waals surface area contributed by atoms with E-state index < -0.39 is 0 Å². The van der Waals surface area contributed by atoms with E-state index in [1.54, 1.807) is 0 Å². The molecule has 3 nitrogen and oxygen atoms in total. The van der Waals surface area contributed by atoms with Gasteiger partial charge < -0.3 is 14.6 Å². The first kappa shape index (κ1) is 12.3. The summed E-state index contributed by atoms with van der Waals surface area (Å²) < 4.78 is 11.3. The molecule has 3 heteroatoms. The molecular weight excluding hydrogens is 204 g/mol. The molecule has 1 heterocycles. The van der Waals surface area contributed by atoms with E-state index in [1.807, 2.05) is 0 Å². The number of aliphatic hydroxyl groups excluding tert-OH is 1. The topological polar surface area (TPSA) is 38.7 Å². The van der Waals surface area contributed by atoms with Gasteiger partial charge in [0.15, 0.2) is 0 Å². The fourth-order valence-corrected chi connectivity index (χ4v) is 2.70. The standard InChI is InChI=1S/C13H24O3/c1-9-3-4-11(7-10(9)2)16-13-8-15-6-5-12(13)14/h9-14H,3-8H2,1-2H3. The van der Waals surface area contributed by atoms with E-state index in [1.165, 1.54) is 6.42 Å². The lowest BCUT2D eigenvalue weighted by molar-refractivity contribution is -0.151. The van der Waals surface area contributed by atoms with Gasteiger partial charge in [0.25, 0.3) is 0 Å². The van der Waals surface area contributed by atoms with Crippen LogP contribution in [0.5, 0.6) is 0 Å². The molecule has 2 fully saturated rings. The lowest BCUT2D eigenvalue weighted by Gasteiger charge is -2.36. The molecule has 94 valence electrons. The van der Waals surface area contributed by atoms with Gasteiger partial charge in [0.05, 0.1) is 18.8 Å². The van der Waals surface area contributed by atoms with E-state index in [-0.39, 0.29) is 12.2 Å². The fourth-order valence-electron chi connectivity index (χ4n) is 2.70. The molecule has 2 rings (SSSR count). The summed E-state index contributed by atoms with van der Waals surface area (Å²) in [6.45, 7) is 5.84. The first-order valence-corrected chi connectivity index (χ1v) is 6.58. The molecule has 0 aromatic carbocycles. The molecule has 1 saturated carbocycles. The van der Waals surface area contributed by atoms with Gasteiger partial charge in [-0.1, -0.05) is 13.8 Å². The highest BCUT2D eigenvalue weighted by Crippen LogP contribution is 2.32. The van der Waals surface area contributed by atoms with Gasteiger partial charge in [-0.2, -0.15) is 0 Å². The number of rotatable bonds is 2. The Balaban J connectivity index is 1.80. The van der Waals surface area contributed by atoms with Crippen molar-refractivity contribution in [3.05, 3.63) is 0 Å². The molecule has 5 atom stereocenters. The summed E-state index contributed by atoms with van der Waals surface area (Å²) >= 11 is 0. The predicted octanol–water partition coefficient (Wildman–Crippen LogP) is 1.98. The Hall–Kier alpha value is -0.120. The Kier molecular flexibility index (Phi) is 4.22. The minimum Gasteiger partial charge on any atom is -0.390 e. The van der Waals surface area contributed by atoms with Crippen LogP contribution in [0.4, 0.5) is 0 Å². The molecule has 0 bridgehead atoms. The number of aliphatic hydroxyl groups is 1. The molecule has 0 aromatic rings. The Labute approximate surface area is 98.1 Å². The zero-order valence-corrected chi connectivity index (χ0v) is 10.4. The van der Waals surface area contributed by atoms with Crippen LogP contribution in [0.1, 0.15) is 39.5 Å². The summed E-state index contributed by atoms with van der Waals surface area (Å²) in [6.07, 6.45) is 4.12. The van der Waals surface area contributed by atoms with Gasteiger partial charge in [0, 0.05) is 6.61 Å². The van der Waals surface area contributed by atoms with Crippen molar-refractivity contribution in [3.63, 3.8) is 0 Å². The highest BCUT2D eigenvalue weighted by atomic mass is 16.6. The Morgan fingerprint density at radius 1 is 1.12 bits per heavy atom. The molecule has 0 spiro atoms. The van der Waals surface area contributed by atoms with E-state index in [4.69, 9.17) is 9.47 Å². The van der Waals surface area contributed by atoms with E-state index >= 15 is 0 Å². The van der Waals surface area contributed by atoms with Crippen LogP contribution < -0.4 is 0 Å². The SMILES string of the molecule is CC1CCC(OC2COCCC2O)CC1C. The average molecular weight is 228 g/mol. The molecule has 1 aliphatic heterocycles. The highest BCUT2D eigenvalue weighted by molar-refractivity contribution is 4.79. The molecule has 0 aromatic heterocycles. The van der Waals surface area contributed by atoms with Crippen molar-refractivity contribution in [1.82, 2.24) is 0 Å². The van der Waals surface area contributed by atoms with Crippen LogP contribution in [0.25, 0.3) is 0 Å². The second-order valence-electron chi connectivity index (χ2n) is 5.50. The smallest absolute Gasteiger partial charge is 0.107 e. The molecule has 5 unspecified atom stereocenters. The van der Waals surface area contributed by atoms with Gasteiger partial charge in [-0.3, -0.25) is 0 Å². The second-order valence-corrected chi connectivity index (χ2v) is 5.50. The molecule has 0 radical (unpaired) electrons. The lowest BCUT2D eigenvalue weighted by Crippen LogP contribution is -2.42. The monoisotopic (exact) mass is 228 g/mol. The number of hydrogen-bond donors (Lipinski definition) is 1.